The highest BCUT2D eigenvalue weighted by molar-refractivity contribution is 6.05. The lowest BCUT2D eigenvalue weighted by Crippen LogP contribution is -2.31. The second-order valence-corrected chi connectivity index (χ2v) is 17.8. The summed E-state index contributed by atoms with van der Waals surface area (Å²) in [6.07, 6.45) is 0. The molecule has 9 heteroatoms. The molecule has 63 heavy (non-hydrogen) atoms. The van der Waals surface area contributed by atoms with Crippen LogP contribution in [-0.2, 0) is 6.54 Å². The summed E-state index contributed by atoms with van der Waals surface area (Å²) in [5, 5.41) is 6.77. The van der Waals surface area contributed by atoms with Crippen molar-refractivity contribution in [2.24, 2.45) is 0 Å². The van der Waals surface area contributed by atoms with Crippen molar-refractivity contribution in [2.45, 2.75) is 98.8 Å². The Balaban J connectivity index is 0.000000189. The van der Waals surface area contributed by atoms with Gasteiger partial charge in [-0.2, -0.15) is 0 Å². The molecule has 0 saturated carbocycles. The van der Waals surface area contributed by atoms with Gasteiger partial charge >= 0.3 is 0 Å². The molecule has 0 aromatic heterocycles. The van der Waals surface area contributed by atoms with Gasteiger partial charge < -0.3 is 29.6 Å². The second kappa shape index (κ2) is 17.4. The zero-order chi connectivity index (χ0) is 45.5. The van der Waals surface area contributed by atoms with Crippen LogP contribution in [0.5, 0.6) is 23.0 Å². The van der Waals surface area contributed by atoms with E-state index in [-0.39, 0.29) is 29.4 Å². The van der Waals surface area contributed by atoms with Gasteiger partial charge in [0.05, 0.1) is 26.1 Å². The molecule has 6 aromatic carbocycles. The first-order valence-corrected chi connectivity index (χ1v) is 21.3. The zero-order valence-corrected chi connectivity index (χ0v) is 38.4. The van der Waals surface area contributed by atoms with Crippen molar-refractivity contribution in [3.8, 4) is 23.0 Å². The number of fused-ring (bicyclic) bond motifs is 2. The van der Waals surface area contributed by atoms with Crippen molar-refractivity contribution in [1.29, 1.82) is 0 Å². The van der Waals surface area contributed by atoms with Crippen molar-refractivity contribution in [3.63, 3.8) is 0 Å². The molecule has 2 unspecified atom stereocenters. The average Bonchev–Trinajstić information content (AvgIpc) is 3.73. The summed E-state index contributed by atoms with van der Waals surface area (Å²) in [4.78, 5) is 13.0. The molecule has 0 spiro atoms. The lowest BCUT2D eigenvalue weighted by atomic mass is 9.78. The van der Waals surface area contributed by atoms with Crippen LogP contribution in [0.25, 0.3) is 0 Å². The number of benzene rings is 6. The predicted octanol–water partition coefficient (Wildman–Crippen LogP) is 13.0. The molecule has 2 aliphatic heterocycles. The molecule has 7 nitrogen and oxygen atoms in total. The molecule has 2 atom stereocenters. The van der Waals surface area contributed by atoms with Crippen molar-refractivity contribution in [2.75, 3.05) is 24.9 Å². The Morgan fingerprint density at radius 3 is 1.38 bits per heavy atom. The van der Waals surface area contributed by atoms with E-state index in [1.165, 1.54) is 46.5 Å². The summed E-state index contributed by atoms with van der Waals surface area (Å²) in [6, 6.07) is 28.5. The quantitative estimate of drug-likeness (QED) is 0.151. The SMILES string of the molecule is COc1ccc(C(=O)Nc2c(C)c(C)c3c(c2C)C(c2ccc(F)cc2)C(C)(C)O3)cc1.COc1ccc(CNc2c(C)c(C)c3c(c2C)C(c2ccc(F)cc2)C(C)(C)O3)cc1. The Hall–Kier alpha value is -6.35. The van der Waals surface area contributed by atoms with Crippen LogP contribution in [0.2, 0.25) is 0 Å². The maximum absolute atomic E-state index is 13.6. The monoisotopic (exact) mass is 852 g/mol. The summed E-state index contributed by atoms with van der Waals surface area (Å²) in [7, 11) is 3.27. The fourth-order valence-electron chi connectivity index (χ4n) is 9.35. The maximum atomic E-state index is 13.6. The number of hydrogen-bond acceptors (Lipinski definition) is 6. The fourth-order valence-corrected chi connectivity index (χ4v) is 9.35. The lowest BCUT2D eigenvalue weighted by Gasteiger charge is -2.27. The smallest absolute Gasteiger partial charge is 0.255 e. The Bertz CT molecular complexity index is 2650. The predicted molar refractivity (Wildman–Crippen MR) is 248 cm³/mol. The second-order valence-electron chi connectivity index (χ2n) is 17.8. The van der Waals surface area contributed by atoms with Crippen LogP contribution >= 0.6 is 0 Å². The third-order valence-corrected chi connectivity index (χ3v) is 12.9. The molecule has 2 heterocycles. The highest BCUT2D eigenvalue weighted by Crippen LogP contribution is 2.55. The van der Waals surface area contributed by atoms with Crippen LogP contribution in [-0.4, -0.2) is 31.3 Å². The van der Waals surface area contributed by atoms with Crippen molar-refractivity contribution in [3.05, 3.63) is 175 Å². The normalized spacial score (nSPS) is 16.4. The number of rotatable bonds is 9. The van der Waals surface area contributed by atoms with Gasteiger partial charge in [-0.3, -0.25) is 4.79 Å². The number of amides is 1. The topological polar surface area (TPSA) is 78.1 Å². The van der Waals surface area contributed by atoms with Gasteiger partial charge in [0.25, 0.3) is 5.91 Å². The number of carbonyl (C=O) groups excluding carboxylic acids is 1. The minimum atomic E-state index is -0.513. The van der Waals surface area contributed by atoms with Crippen LogP contribution < -0.4 is 29.6 Å². The maximum Gasteiger partial charge on any atom is 0.255 e. The molecular weight excluding hydrogens is 795 g/mol. The van der Waals surface area contributed by atoms with Gasteiger partial charge in [0.2, 0.25) is 0 Å². The molecule has 2 aliphatic rings. The minimum absolute atomic E-state index is 0.0314. The molecule has 0 saturated heterocycles. The Labute approximate surface area is 370 Å². The first kappa shape index (κ1) is 44.7. The fraction of sp³-hybridized carbons (Fsp3) is 0.315. The number of methoxy groups -OCH3 is 2. The van der Waals surface area contributed by atoms with Crippen molar-refractivity contribution >= 4 is 17.3 Å². The summed E-state index contributed by atoms with van der Waals surface area (Å²) >= 11 is 0. The van der Waals surface area contributed by atoms with Gasteiger partial charge in [-0.25, -0.2) is 8.78 Å². The number of carbonyl (C=O) groups is 1. The zero-order valence-electron chi connectivity index (χ0n) is 38.4. The van der Waals surface area contributed by atoms with Crippen molar-refractivity contribution in [1.82, 2.24) is 0 Å². The van der Waals surface area contributed by atoms with Crippen LogP contribution in [0.3, 0.4) is 0 Å². The van der Waals surface area contributed by atoms with E-state index in [9.17, 15) is 13.6 Å². The van der Waals surface area contributed by atoms with E-state index in [0.717, 1.165) is 74.1 Å². The summed E-state index contributed by atoms with van der Waals surface area (Å²) in [5.41, 5.74) is 13.5. The van der Waals surface area contributed by atoms with E-state index in [4.69, 9.17) is 18.9 Å². The number of nitrogens with one attached hydrogen (secondary N) is 2. The van der Waals surface area contributed by atoms with Gasteiger partial charge in [-0.1, -0.05) is 36.4 Å². The van der Waals surface area contributed by atoms with Gasteiger partial charge in [0.1, 0.15) is 45.8 Å². The summed E-state index contributed by atoms with van der Waals surface area (Å²) in [6.45, 7) is 21.5. The number of halogens is 2. The number of hydrogen-bond donors (Lipinski definition) is 2. The lowest BCUT2D eigenvalue weighted by molar-refractivity contribution is 0.102. The highest BCUT2D eigenvalue weighted by Gasteiger charge is 2.46. The molecule has 0 bridgehead atoms. The summed E-state index contributed by atoms with van der Waals surface area (Å²) < 4.78 is 50.5. The third-order valence-electron chi connectivity index (χ3n) is 12.9. The van der Waals surface area contributed by atoms with E-state index in [0.29, 0.717) is 11.3 Å². The van der Waals surface area contributed by atoms with E-state index >= 15 is 0 Å². The van der Waals surface area contributed by atoms with Gasteiger partial charge in [0, 0.05) is 34.6 Å². The third kappa shape index (κ3) is 8.58. The molecule has 328 valence electrons. The van der Waals surface area contributed by atoms with E-state index < -0.39 is 11.2 Å². The van der Waals surface area contributed by atoms with Gasteiger partial charge in [0.15, 0.2) is 0 Å². The Morgan fingerprint density at radius 2 is 0.952 bits per heavy atom. The molecule has 0 aliphatic carbocycles. The molecule has 8 rings (SSSR count). The molecule has 2 N–H and O–H groups in total. The molecule has 1 amide bonds. The van der Waals surface area contributed by atoms with Gasteiger partial charge in [-0.15, -0.1) is 0 Å². The summed E-state index contributed by atoms with van der Waals surface area (Å²) in [5.74, 6) is 2.63. The van der Waals surface area contributed by atoms with E-state index in [1.807, 2.05) is 71.0 Å². The molecule has 0 fully saturated rings. The van der Waals surface area contributed by atoms with Crippen LogP contribution in [0, 0.1) is 53.2 Å². The van der Waals surface area contributed by atoms with Crippen LogP contribution in [0.4, 0.5) is 20.2 Å². The van der Waals surface area contributed by atoms with Crippen LogP contribution in [0.1, 0.15) is 111 Å². The Kier molecular flexibility index (Phi) is 12.4. The van der Waals surface area contributed by atoms with Crippen LogP contribution in [0.15, 0.2) is 97.1 Å². The van der Waals surface area contributed by atoms with E-state index in [2.05, 4.69) is 57.4 Å². The Morgan fingerprint density at radius 1 is 0.556 bits per heavy atom. The molecule has 6 aromatic rings. The number of anilines is 2. The van der Waals surface area contributed by atoms with Crippen molar-refractivity contribution < 1.29 is 32.5 Å². The number of ether oxygens (including phenoxy) is 4. The molecular formula is C54H58F2N2O5. The minimum Gasteiger partial charge on any atom is -0.497 e. The first-order valence-electron chi connectivity index (χ1n) is 21.3. The van der Waals surface area contributed by atoms with E-state index in [1.54, 1.807) is 38.5 Å². The highest BCUT2D eigenvalue weighted by atomic mass is 19.1. The average molecular weight is 853 g/mol. The molecule has 0 radical (unpaired) electrons. The first-order chi connectivity index (χ1) is 29.9. The van der Waals surface area contributed by atoms with Gasteiger partial charge in [-0.05, 0) is 180 Å². The standard InChI is InChI=1S/C27H28FNO3.C27H30FNO2/c1-15-16(2)25-22(23(27(4,5)32-25)18-7-11-20(28)12-8-18)17(3)24(15)29-26(30)19-9-13-21(31-6)14-10-19;1-16-17(2)26-23(24(27(4,5)31-26)20-9-11-21(28)12-10-20)18(3)25(16)29-15-19-7-13-22(30-6)14-8-19/h7-14,23H,1-6H3,(H,29,30);7-14,24,29H,15H2,1-6H3. The largest absolute Gasteiger partial charge is 0.497 e.